The summed E-state index contributed by atoms with van der Waals surface area (Å²) in [6, 6.07) is 10.8. The van der Waals surface area contributed by atoms with Gasteiger partial charge in [0.25, 0.3) is 11.5 Å². The number of rotatable bonds is 4. The fourth-order valence-corrected chi connectivity index (χ4v) is 3.46. The fraction of sp³-hybridized carbons (Fsp3) is 0.238. The normalized spacial score (nSPS) is 13.6. The van der Waals surface area contributed by atoms with Crippen molar-refractivity contribution < 1.29 is 13.6 Å². The van der Waals surface area contributed by atoms with E-state index in [-0.39, 0.29) is 12.2 Å². The van der Waals surface area contributed by atoms with Gasteiger partial charge in [-0.05, 0) is 42.7 Å². The SMILES string of the molecule is O=C(c1nn(-c2ccccc2F)c(=O)n(Cc2cccc(F)c2)c1=O)N1CCCC1. The summed E-state index contributed by atoms with van der Waals surface area (Å²) in [6.45, 7) is 0.665. The molecular formula is C21H18F2N4O3. The van der Waals surface area contributed by atoms with E-state index in [4.69, 9.17) is 0 Å². The molecule has 9 heteroatoms. The number of carbonyl (C=O) groups is 1. The number of hydrogen-bond donors (Lipinski definition) is 0. The molecule has 1 aliphatic heterocycles. The summed E-state index contributed by atoms with van der Waals surface area (Å²) in [5.74, 6) is -1.88. The van der Waals surface area contributed by atoms with Crippen LogP contribution in [0.4, 0.5) is 8.78 Å². The van der Waals surface area contributed by atoms with Gasteiger partial charge in [0.05, 0.1) is 6.54 Å². The summed E-state index contributed by atoms with van der Waals surface area (Å²) < 4.78 is 29.4. The summed E-state index contributed by atoms with van der Waals surface area (Å²) in [7, 11) is 0. The largest absolute Gasteiger partial charge is 0.352 e. The van der Waals surface area contributed by atoms with Crippen LogP contribution in [0.1, 0.15) is 28.9 Å². The third kappa shape index (κ3) is 3.66. The molecular weight excluding hydrogens is 394 g/mol. The zero-order chi connectivity index (χ0) is 21.3. The number of hydrogen-bond acceptors (Lipinski definition) is 4. The molecule has 154 valence electrons. The topological polar surface area (TPSA) is 77.2 Å². The highest BCUT2D eigenvalue weighted by molar-refractivity contribution is 5.92. The number of halogens is 2. The van der Waals surface area contributed by atoms with Gasteiger partial charge in [-0.15, -0.1) is 0 Å². The van der Waals surface area contributed by atoms with Crippen molar-refractivity contribution in [2.75, 3.05) is 13.1 Å². The average molecular weight is 412 g/mol. The Bertz CT molecular complexity index is 1230. The first-order chi connectivity index (χ1) is 14.5. The van der Waals surface area contributed by atoms with Gasteiger partial charge in [0, 0.05) is 13.1 Å². The number of benzene rings is 2. The first kappa shape index (κ1) is 19.7. The van der Waals surface area contributed by atoms with Crippen molar-refractivity contribution in [3.8, 4) is 5.69 Å². The lowest BCUT2D eigenvalue weighted by atomic mass is 10.2. The monoisotopic (exact) mass is 412 g/mol. The third-order valence-electron chi connectivity index (χ3n) is 4.97. The second-order valence-electron chi connectivity index (χ2n) is 7.01. The molecule has 1 saturated heterocycles. The lowest BCUT2D eigenvalue weighted by molar-refractivity contribution is 0.0781. The number of amides is 1. The first-order valence-corrected chi connectivity index (χ1v) is 9.48. The molecule has 3 aromatic rings. The fourth-order valence-electron chi connectivity index (χ4n) is 3.46. The molecule has 7 nitrogen and oxygen atoms in total. The maximum Gasteiger partial charge on any atom is 0.352 e. The van der Waals surface area contributed by atoms with Crippen LogP contribution >= 0.6 is 0 Å². The van der Waals surface area contributed by atoms with Gasteiger partial charge < -0.3 is 4.90 Å². The third-order valence-corrected chi connectivity index (χ3v) is 4.97. The van der Waals surface area contributed by atoms with Gasteiger partial charge in [-0.3, -0.25) is 14.2 Å². The smallest absolute Gasteiger partial charge is 0.337 e. The van der Waals surface area contributed by atoms with E-state index in [1.807, 2.05) is 0 Å². The van der Waals surface area contributed by atoms with Crippen LogP contribution in [-0.2, 0) is 6.54 Å². The van der Waals surface area contributed by atoms with Gasteiger partial charge in [-0.2, -0.15) is 9.78 Å². The number of carbonyl (C=O) groups excluding carboxylic acids is 1. The van der Waals surface area contributed by atoms with Crippen LogP contribution in [0.5, 0.6) is 0 Å². The minimum Gasteiger partial charge on any atom is -0.337 e. The van der Waals surface area contributed by atoms with E-state index in [1.165, 1.54) is 41.3 Å². The number of para-hydroxylation sites is 1. The van der Waals surface area contributed by atoms with Crippen molar-refractivity contribution in [3.63, 3.8) is 0 Å². The minimum absolute atomic E-state index is 0.189. The van der Waals surface area contributed by atoms with E-state index >= 15 is 0 Å². The van der Waals surface area contributed by atoms with Crippen molar-refractivity contribution in [2.45, 2.75) is 19.4 Å². The number of nitrogens with zero attached hydrogens (tertiary/aromatic N) is 4. The quantitative estimate of drug-likeness (QED) is 0.657. The molecule has 0 radical (unpaired) electrons. The Labute approximate surface area is 169 Å². The van der Waals surface area contributed by atoms with E-state index in [0.29, 0.717) is 23.3 Å². The summed E-state index contributed by atoms with van der Waals surface area (Å²) in [5.41, 5.74) is -2.14. The molecule has 0 N–H and O–H groups in total. The van der Waals surface area contributed by atoms with Gasteiger partial charge in [0.1, 0.15) is 17.3 Å². The molecule has 0 saturated carbocycles. The lowest BCUT2D eigenvalue weighted by Crippen LogP contribution is -2.46. The predicted octanol–water partition coefficient (Wildman–Crippen LogP) is 1.96. The Hall–Kier alpha value is -3.62. The van der Waals surface area contributed by atoms with Crippen LogP contribution in [0.2, 0.25) is 0 Å². The van der Waals surface area contributed by atoms with Crippen molar-refractivity contribution in [3.05, 3.63) is 92.3 Å². The standard InChI is InChI=1S/C21H18F2N4O3/c22-15-7-5-6-14(12-15)13-26-20(29)18(19(28)25-10-3-4-11-25)24-27(21(26)30)17-9-2-1-8-16(17)23/h1-2,5-9,12H,3-4,10-11,13H2. The second-order valence-corrected chi connectivity index (χ2v) is 7.01. The zero-order valence-corrected chi connectivity index (χ0v) is 15.9. The molecule has 0 unspecified atom stereocenters. The molecule has 0 aliphatic carbocycles. The molecule has 1 fully saturated rings. The number of likely N-dealkylation sites (tertiary alicyclic amines) is 1. The van der Waals surface area contributed by atoms with Gasteiger partial charge in [0.15, 0.2) is 0 Å². The Morgan fingerprint density at radius 2 is 1.73 bits per heavy atom. The minimum atomic E-state index is -0.924. The van der Waals surface area contributed by atoms with Crippen molar-refractivity contribution in [2.24, 2.45) is 0 Å². The Morgan fingerprint density at radius 3 is 2.43 bits per heavy atom. The molecule has 2 heterocycles. The van der Waals surface area contributed by atoms with Gasteiger partial charge >= 0.3 is 5.69 Å². The first-order valence-electron chi connectivity index (χ1n) is 9.48. The molecule has 1 amide bonds. The average Bonchev–Trinajstić information content (AvgIpc) is 3.27. The van der Waals surface area contributed by atoms with Gasteiger partial charge in [0.2, 0.25) is 5.69 Å². The van der Waals surface area contributed by atoms with E-state index in [2.05, 4.69) is 5.10 Å². The zero-order valence-electron chi connectivity index (χ0n) is 15.9. The van der Waals surface area contributed by atoms with Crippen molar-refractivity contribution in [1.82, 2.24) is 19.2 Å². The molecule has 0 atom stereocenters. The number of aromatic nitrogens is 3. The van der Waals surface area contributed by atoms with Crippen LogP contribution in [-0.4, -0.2) is 38.2 Å². The van der Waals surface area contributed by atoms with Crippen LogP contribution in [0, 0.1) is 11.6 Å². The summed E-state index contributed by atoms with van der Waals surface area (Å²) >= 11 is 0. The highest BCUT2D eigenvalue weighted by Crippen LogP contribution is 2.12. The molecule has 30 heavy (non-hydrogen) atoms. The van der Waals surface area contributed by atoms with Crippen LogP contribution in [0.15, 0.2) is 58.1 Å². The highest BCUT2D eigenvalue weighted by atomic mass is 19.1. The van der Waals surface area contributed by atoms with Crippen molar-refractivity contribution >= 4 is 5.91 Å². The predicted molar refractivity (Wildman–Crippen MR) is 105 cm³/mol. The van der Waals surface area contributed by atoms with Crippen LogP contribution in [0.25, 0.3) is 5.69 Å². The van der Waals surface area contributed by atoms with Crippen LogP contribution < -0.4 is 11.2 Å². The Kier molecular flexibility index (Phi) is 5.26. The molecule has 0 spiro atoms. The summed E-state index contributed by atoms with van der Waals surface area (Å²) in [5, 5.41) is 3.93. The van der Waals surface area contributed by atoms with Crippen LogP contribution in [0.3, 0.4) is 0 Å². The van der Waals surface area contributed by atoms with E-state index in [1.54, 1.807) is 6.07 Å². The highest BCUT2D eigenvalue weighted by Gasteiger charge is 2.27. The van der Waals surface area contributed by atoms with Gasteiger partial charge in [-0.25, -0.2) is 13.6 Å². The van der Waals surface area contributed by atoms with Crippen molar-refractivity contribution in [1.29, 1.82) is 0 Å². The molecule has 2 aromatic carbocycles. The van der Waals surface area contributed by atoms with E-state index in [9.17, 15) is 23.2 Å². The molecule has 1 aliphatic rings. The Balaban J connectivity index is 1.91. The maximum absolute atomic E-state index is 14.4. The molecule has 4 rings (SSSR count). The summed E-state index contributed by atoms with van der Waals surface area (Å²) in [4.78, 5) is 40.4. The van der Waals surface area contributed by atoms with E-state index < -0.39 is 34.5 Å². The van der Waals surface area contributed by atoms with E-state index in [0.717, 1.165) is 23.5 Å². The summed E-state index contributed by atoms with van der Waals surface area (Å²) in [6.07, 6.45) is 1.60. The maximum atomic E-state index is 14.4. The Morgan fingerprint density at radius 1 is 1.00 bits per heavy atom. The van der Waals surface area contributed by atoms with Gasteiger partial charge in [-0.1, -0.05) is 24.3 Å². The molecule has 1 aromatic heterocycles. The second kappa shape index (κ2) is 8.02. The molecule has 0 bridgehead atoms. The lowest BCUT2D eigenvalue weighted by Gasteiger charge is -2.17.